The van der Waals surface area contributed by atoms with Crippen molar-refractivity contribution < 1.29 is 13.5 Å². The Morgan fingerprint density at radius 1 is 1.50 bits per heavy atom. The first-order valence-electron chi connectivity index (χ1n) is 3.80. The third-order valence-corrected chi connectivity index (χ3v) is 1.89. The van der Waals surface area contributed by atoms with Crippen LogP contribution in [0.25, 0.3) is 0 Å². The van der Waals surface area contributed by atoms with E-state index in [4.69, 9.17) is 22.1 Å². The molecular formula is C8H9ClF2N2O. The minimum atomic E-state index is -2.66. The molecule has 1 aromatic rings. The van der Waals surface area contributed by atoms with Gasteiger partial charge in [0.1, 0.15) is 5.15 Å². The number of halogens is 3. The molecule has 0 bridgehead atoms. The number of nitrogens with zero attached hydrogens (tertiary/aromatic N) is 1. The maximum Gasteiger partial charge on any atom is 0.257 e. The van der Waals surface area contributed by atoms with Crippen molar-refractivity contribution in [3.63, 3.8) is 0 Å². The molecule has 0 spiro atoms. The summed E-state index contributed by atoms with van der Waals surface area (Å²) in [5.41, 5.74) is 5.40. The number of ether oxygens (including phenoxy) is 1. The van der Waals surface area contributed by atoms with Crippen molar-refractivity contribution in [3.8, 4) is 5.88 Å². The van der Waals surface area contributed by atoms with Crippen molar-refractivity contribution in [2.75, 3.05) is 7.11 Å². The number of alkyl halides is 2. The summed E-state index contributed by atoms with van der Waals surface area (Å²) in [6, 6.07) is 1.36. The zero-order valence-electron chi connectivity index (χ0n) is 7.38. The number of pyridine rings is 1. The van der Waals surface area contributed by atoms with Crippen molar-refractivity contribution >= 4 is 11.6 Å². The predicted molar refractivity (Wildman–Crippen MR) is 48.7 cm³/mol. The highest BCUT2D eigenvalue weighted by atomic mass is 35.5. The number of rotatable bonds is 3. The summed E-state index contributed by atoms with van der Waals surface area (Å²) < 4.78 is 29.4. The number of hydrogen-bond acceptors (Lipinski definition) is 3. The molecule has 0 amide bonds. The van der Waals surface area contributed by atoms with E-state index >= 15 is 0 Å². The number of aromatic nitrogens is 1. The molecule has 0 fully saturated rings. The molecular weight excluding hydrogens is 214 g/mol. The lowest BCUT2D eigenvalue weighted by molar-refractivity contribution is 0.115. The molecule has 1 unspecified atom stereocenters. The lowest BCUT2D eigenvalue weighted by Gasteiger charge is -2.13. The zero-order chi connectivity index (χ0) is 10.7. The summed E-state index contributed by atoms with van der Waals surface area (Å²) in [7, 11) is 1.32. The standard InChI is InChI=1S/C8H9ClF2N2O/c1-14-8-4(6(12)7(10)11)2-3-5(9)13-8/h2-3,6-7H,12H2,1H3. The quantitative estimate of drug-likeness (QED) is 0.796. The second-order valence-electron chi connectivity index (χ2n) is 2.59. The Balaban J connectivity index is 3.07. The third-order valence-electron chi connectivity index (χ3n) is 1.68. The molecule has 0 saturated heterocycles. The molecule has 14 heavy (non-hydrogen) atoms. The van der Waals surface area contributed by atoms with Gasteiger partial charge in [0.25, 0.3) is 6.43 Å². The fraction of sp³-hybridized carbons (Fsp3) is 0.375. The van der Waals surface area contributed by atoms with E-state index in [-0.39, 0.29) is 16.6 Å². The van der Waals surface area contributed by atoms with Gasteiger partial charge in [0, 0.05) is 5.56 Å². The highest BCUT2D eigenvalue weighted by molar-refractivity contribution is 6.29. The van der Waals surface area contributed by atoms with Crippen LogP contribution in [0.4, 0.5) is 8.78 Å². The van der Waals surface area contributed by atoms with Crippen molar-refractivity contribution in [3.05, 3.63) is 22.8 Å². The zero-order valence-corrected chi connectivity index (χ0v) is 8.13. The van der Waals surface area contributed by atoms with Gasteiger partial charge in [-0.1, -0.05) is 11.6 Å². The van der Waals surface area contributed by atoms with E-state index in [1.807, 2.05) is 0 Å². The largest absolute Gasteiger partial charge is 0.481 e. The normalized spacial score (nSPS) is 13.0. The maximum atomic E-state index is 12.3. The third kappa shape index (κ3) is 2.30. The molecule has 78 valence electrons. The second-order valence-corrected chi connectivity index (χ2v) is 2.98. The van der Waals surface area contributed by atoms with Crippen LogP contribution in [0, 0.1) is 0 Å². The monoisotopic (exact) mass is 222 g/mol. The average Bonchev–Trinajstić information content (AvgIpc) is 2.16. The van der Waals surface area contributed by atoms with Crippen molar-refractivity contribution in [2.24, 2.45) is 5.73 Å². The van der Waals surface area contributed by atoms with E-state index in [0.717, 1.165) is 0 Å². The number of nitrogens with two attached hydrogens (primary N) is 1. The highest BCUT2D eigenvalue weighted by Crippen LogP contribution is 2.27. The van der Waals surface area contributed by atoms with Crippen LogP contribution in [0.2, 0.25) is 5.15 Å². The van der Waals surface area contributed by atoms with E-state index in [0.29, 0.717) is 0 Å². The lowest BCUT2D eigenvalue weighted by atomic mass is 10.1. The summed E-state index contributed by atoms with van der Waals surface area (Å²) in [4.78, 5) is 3.72. The molecule has 0 aliphatic rings. The molecule has 0 saturated carbocycles. The predicted octanol–water partition coefficient (Wildman–Crippen LogP) is 2.01. The molecule has 0 aliphatic heterocycles. The first-order valence-corrected chi connectivity index (χ1v) is 4.18. The Kier molecular flexibility index (Phi) is 3.60. The van der Waals surface area contributed by atoms with Gasteiger partial charge in [-0.2, -0.15) is 0 Å². The Morgan fingerprint density at radius 3 is 2.64 bits per heavy atom. The smallest absolute Gasteiger partial charge is 0.257 e. The van der Waals surface area contributed by atoms with Gasteiger partial charge in [-0.15, -0.1) is 0 Å². The average molecular weight is 223 g/mol. The summed E-state index contributed by atoms with van der Waals surface area (Å²) in [6.07, 6.45) is -2.66. The molecule has 2 N–H and O–H groups in total. The van der Waals surface area contributed by atoms with E-state index in [9.17, 15) is 8.78 Å². The van der Waals surface area contributed by atoms with Gasteiger partial charge in [0.15, 0.2) is 0 Å². The summed E-state index contributed by atoms with van der Waals surface area (Å²) in [5.74, 6) is 0.0327. The Bertz CT molecular complexity index is 322. The van der Waals surface area contributed by atoms with Crippen LogP contribution >= 0.6 is 11.6 Å². The maximum absolute atomic E-state index is 12.3. The van der Waals surface area contributed by atoms with Crippen LogP contribution in [0.1, 0.15) is 11.6 Å². The van der Waals surface area contributed by atoms with Crippen LogP contribution in [0.5, 0.6) is 5.88 Å². The topological polar surface area (TPSA) is 48.1 Å². The van der Waals surface area contributed by atoms with Crippen LogP contribution in [-0.4, -0.2) is 18.5 Å². The van der Waals surface area contributed by atoms with Gasteiger partial charge in [0.05, 0.1) is 13.2 Å². The van der Waals surface area contributed by atoms with Gasteiger partial charge in [-0.05, 0) is 12.1 Å². The van der Waals surface area contributed by atoms with Crippen LogP contribution in [-0.2, 0) is 0 Å². The minimum absolute atomic E-state index is 0.0327. The summed E-state index contributed by atoms with van der Waals surface area (Å²) >= 11 is 5.56. The van der Waals surface area contributed by atoms with E-state index in [2.05, 4.69) is 4.98 Å². The van der Waals surface area contributed by atoms with Gasteiger partial charge in [-0.25, -0.2) is 13.8 Å². The van der Waals surface area contributed by atoms with Crippen molar-refractivity contribution in [2.45, 2.75) is 12.5 Å². The Morgan fingerprint density at radius 2 is 2.14 bits per heavy atom. The van der Waals surface area contributed by atoms with Crippen molar-refractivity contribution in [1.29, 1.82) is 0 Å². The summed E-state index contributed by atoms with van der Waals surface area (Å²) in [5, 5.41) is 0.173. The first kappa shape index (κ1) is 11.1. The fourth-order valence-electron chi connectivity index (χ4n) is 0.982. The molecule has 3 nitrogen and oxygen atoms in total. The van der Waals surface area contributed by atoms with Gasteiger partial charge < -0.3 is 10.5 Å². The second kappa shape index (κ2) is 4.52. The van der Waals surface area contributed by atoms with E-state index < -0.39 is 12.5 Å². The molecule has 0 aromatic carbocycles. The van der Waals surface area contributed by atoms with E-state index in [1.54, 1.807) is 0 Å². The van der Waals surface area contributed by atoms with Crippen molar-refractivity contribution in [1.82, 2.24) is 4.98 Å². The fourth-order valence-corrected chi connectivity index (χ4v) is 1.12. The number of hydrogen-bond donors (Lipinski definition) is 1. The molecule has 1 atom stereocenters. The van der Waals surface area contributed by atoms with Gasteiger partial charge in [-0.3, -0.25) is 0 Å². The van der Waals surface area contributed by atoms with Crippen LogP contribution in [0.15, 0.2) is 12.1 Å². The van der Waals surface area contributed by atoms with Gasteiger partial charge in [0.2, 0.25) is 5.88 Å². The molecule has 0 aliphatic carbocycles. The Labute approximate surface area is 84.8 Å². The lowest BCUT2D eigenvalue weighted by Crippen LogP contribution is -2.20. The molecule has 0 radical (unpaired) electrons. The molecule has 1 rings (SSSR count). The first-order chi connectivity index (χ1) is 6.56. The van der Waals surface area contributed by atoms with Crippen LogP contribution in [0.3, 0.4) is 0 Å². The summed E-state index contributed by atoms with van der Waals surface area (Å²) in [6.45, 7) is 0. The molecule has 1 heterocycles. The van der Waals surface area contributed by atoms with Gasteiger partial charge >= 0.3 is 0 Å². The SMILES string of the molecule is COc1nc(Cl)ccc1C(N)C(F)F. The number of methoxy groups -OCH3 is 1. The molecule has 6 heteroatoms. The van der Waals surface area contributed by atoms with Crippen LogP contribution < -0.4 is 10.5 Å². The molecule has 1 aromatic heterocycles. The minimum Gasteiger partial charge on any atom is -0.481 e. The highest BCUT2D eigenvalue weighted by Gasteiger charge is 2.22. The Hall–Kier alpha value is -0.940. The van der Waals surface area contributed by atoms with E-state index in [1.165, 1.54) is 19.2 Å².